The highest BCUT2D eigenvalue weighted by molar-refractivity contribution is 6.33. The summed E-state index contributed by atoms with van der Waals surface area (Å²) in [6.45, 7) is 6.10. The van der Waals surface area contributed by atoms with Crippen molar-refractivity contribution in [1.82, 2.24) is 20.3 Å². The summed E-state index contributed by atoms with van der Waals surface area (Å²) in [5.41, 5.74) is 7.82. The Morgan fingerprint density at radius 3 is 2.53 bits per heavy atom. The predicted octanol–water partition coefficient (Wildman–Crippen LogP) is 4.91. The molecule has 6 nitrogen and oxygen atoms in total. The van der Waals surface area contributed by atoms with Gasteiger partial charge in [-0.05, 0) is 37.6 Å². The first kappa shape index (κ1) is 24.0. The zero-order chi connectivity index (χ0) is 24.3. The number of pyridine rings is 1. The Morgan fingerprint density at radius 1 is 1.15 bits per heavy atom. The first-order valence-electron chi connectivity index (χ1n) is 10.8. The van der Waals surface area contributed by atoms with Gasteiger partial charge in [-0.3, -0.25) is 9.97 Å². The molecule has 34 heavy (non-hydrogen) atoms. The molecule has 0 unspecified atom stereocenters. The van der Waals surface area contributed by atoms with Crippen LogP contribution in [0.5, 0.6) is 0 Å². The Hall–Kier alpha value is -3.17. The number of nitrogens with zero attached hydrogens (tertiary/aromatic N) is 4. The molecule has 10 heteroatoms. The van der Waals surface area contributed by atoms with E-state index in [0.29, 0.717) is 39.9 Å². The molecule has 0 atom stereocenters. The summed E-state index contributed by atoms with van der Waals surface area (Å²) in [7, 11) is 0. The van der Waals surface area contributed by atoms with E-state index in [0.717, 1.165) is 43.8 Å². The van der Waals surface area contributed by atoms with Gasteiger partial charge < -0.3 is 16.0 Å². The molecule has 178 valence electrons. The molecule has 4 rings (SSSR count). The van der Waals surface area contributed by atoms with Gasteiger partial charge >= 0.3 is 6.18 Å². The minimum atomic E-state index is -4.41. The highest BCUT2D eigenvalue weighted by atomic mass is 35.5. The Bertz CT molecular complexity index is 1160. The molecule has 0 spiro atoms. The summed E-state index contributed by atoms with van der Waals surface area (Å²) in [4.78, 5) is 15.5. The quantitative estimate of drug-likeness (QED) is 0.469. The molecule has 1 aliphatic rings. The van der Waals surface area contributed by atoms with E-state index in [1.54, 1.807) is 18.5 Å². The smallest absolute Gasteiger partial charge is 0.383 e. The second kappa shape index (κ2) is 9.99. The molecule has 0 aliphatic carbocycles. The number of benzene rings is 1. The number of hydrogen-bond acceptors (Lipinski definition) is 6. The number of aromatic nitrogens is 3. The van der Waals surface area contributed by atoms with Gasteiger partial charge in [0.1, 0.15) is 11.5 Å². The lowest BCUT2D eigenvalue weighted by atomic mass is 10.0. The molecule has 1 saturated heterocycles. The van der Waals surface area contributed by atoms with Crippen molar-refractivity contribution in [2.24, 2.45) is 5.73 Å². The molecule has 3 N–H and O–H groups in total. The molecule has 2 aromatic heterocycles. The van der Waals surface area contributed by atoms with Crippen molar-refractivity contribution in [3.63, 3.8) is 0 Å². The van der Waals surface area contributed by atoms with Crippen molar-refractivity contribution in [2.45, 2.75) is 25.1 Å². The third-order valence-electron chi connectivity index (χ3n) is 5.57. The fourth-order valence-electron chi connectivity index (χ4n) is 3.75. The minimum absolute atomic E-state index is 0.245. The van der Waals surface area contributed by atoms with Crippen LogP contribution in [0.25, 0.3) is 22.5 Å². The van der Waals surface area contributed by atoms with Crippen LogP contribution in [-0.2, 0) is 6.18 Å². The van der Waals surface area contributed by atoms with Crippen LogP contribution in [-0.4, -0.2) is 40.6 Å². The van der Waals surface area contributed by atoms with Crippen LogP contribution < -0.4 is 16.0 Å². The number of halogens is 4. The molecular formula is C24H24ClF3N6. The molecule has 0 amide bonds. The molecule has 1 aliphatic heterocycles. The average Bonchev–Trinajstić information content (AvgIpc) is 2.79. The average molecular weight is 489 g/mol. The molecule has 3 heterocycles. The van der Waals surface area contributed by atoms with E-state index in [4.69, 9.17) is 22.3 Å². The lowest BCUT2D eigenvalue weighted by Gasteiger charge is -2.41. The van der Waals surface area contributed by atoms with Gasteiger partial charge in [0, 0.05) is 42.3 Å². The van der Waals surface area contributed by atoms with E-state index in [-0.39, 0.29) is 6.04 Å². The largest absolute Gasteiger partial charge is 0.416 e. The third kappa shape index (κ3) is 5.31. The van der Waals surface area contributed by atoms with Crippen LogP contribution >= 0.6 is 11.6 Å². The first-order valence-corrected chi connectivity index (χ1v) is 11.2. The summed E-state index contributed by atoms with van der Waals surface area (Å²) >= 11 is 6.38. The predicted molar refractivity (Wildman–Crippen MR) is 127 cm³/mol. The van der Waals surface area contributed by atoms with E-state index in [1.165, 1.54) is 18.3 Å². The highest BCUT2D eigenvalue weighted by Crippen LogP contribution is 2.36. The highest BCUT2D eigenvalue weighted by Gasteiger charge is 2.31. The zero-order valence-corrected chi connectivity index (χ0v) is 19.1. The first-order chi connectivity index (χ1) is 16.3. The van der Waals surface area contributed by atoms with Crippen LogP contribution in [0.2, 0.25) is 5.02 Å². The minimum Gasteiger partial charge on any atom is -0.383 e. The van der Waals surface area contributed by atoms with Crippen molar-refractivity contribution in [3.05, 3.63) is 71.8 Å². The number of nitrogens with one attached hydrogen (secondary N) is 1. The van der Waals surface area contributed by atoms with E-state index in [1.807, 2.05) is 0 Å². The number of hydrogen-bond donors (Lipinski definition) is 2. The van der Waals surface area contributed by atoms with Crippen molar-refractivity contribution < 1.29 is 13.2 Å². The third-order valence-corrected chi connectivity index (χ3v) is 5.87. The molecule has 0 radical (unpaired) electrons. The van der Waals surface area contributed by atoms with Crippen molar-refractivity contribution in [3.8, 4) is 22.5 Å². The van der Waals surface area contributed by atoms with Crippen LogP contribution in [0.3, 0.4) is 0 Å². The van der Waals surface area contributed by atoms with E-state index < -0.39 is 11.7 Å². The molecular weight excluding hydrogens is 465 g/mol. The van der Waals surface area contributed by atoms with Gasteiger partial charge in [-0.1, -0.05) is 30.3 Å². The topological polar surface area (TPSA) is 80.0 Å². The Labute approximate surface area is 200 Å². The Kier molecular flexibility index (Phi) is 7.04. The maximum absolute atomic E-state index is 13.0. The fourth-order valence-corrected chi connectivity index (χ4v) is 3.96. The van der Waals surface area contributed by atoms with Crippen LogP contribution in [0, 0.1) is 0 Å². The molecule has 0 saturated carbocycles. The molecule has 3 aromatic rings. The van der Waals surface area contributed by atoms with Crippen molar-refractivity contribution in [1.29, 1.82) is 0 Å². The van der Waals surface area contributed by atoms with Crippen molar-refractivity contribution >= 4 is 17.4 Å². The van der Waals surface area contributed by atoms with Gasteiger partial charge in [0.25, 0.3) is 0 Å². The lowest BCUT2D eigenvalue weighted by molar-refractivity contribution is -0.137. The van der Waals surface area contributed by atoms with Gasteiger partial charge in [0.2, 0.25) is 0 Å². The van der Waals surface area contributed by atoms with Gasteiger partial charge in [0.05, 0.1) is 28.5 Å². The number of allylic oxidation sites excluding steroid dienone is 1. The molecule has 0 bridgehead atoms. The van der Waals surface area contributed by atoms with Gasteiger partial charge in [-0.25, -0.2) is 4.98 Å². The zero-order valence-electron chi connectivity index (χ0n) is 18.3. The van der Waals surface area contributed by atoms with Gasteiger partial charge in [-0.15, -0.1) is 0 Å². The normalized spacial score (nSPS) is 14.1. The standard InChI is InChI=1S/C24H24ClF3N6/c1-15(3-2-9-29)32-18-13-34(14-18)21-12-31-22(16-4-6-17(7-5-16)24(26,27)28)23(33-21)19-8-10-30-11-20(19)25/h4-8,10-12,18,32H,1-3,9,13-14,29H2. The van der Waals surface area contributed by atoms with Crippen LogP contribution in [0.1, 0.15) is 18.4 Å². The Balaban J connectivity index is 1.61. The number of nitrogens with two attached hydrogens (primary N) is 1. The van der Waals surface area contributed by atoms with Gasteiger partial charge in [0.15, 0.2) is 0 Å². The van der Waals surface area contributed by atoms with Gasteiger partial charge in [-0.2, -0.15) is 13.2 Å². The number of anilines is 1. The summed E-state index contributed by atoms with van der Waals surface area (Å²) < 4.78 is 39.0. The second-order valence-corrected chi connectivity index (χ2v) is 8.51. The maximum atomic E-state index is 13.0. The maximum Gasteiger partial charge on any atom is 0.416 e. The van der Waals surface area contributed by atoms with E-state index in [9.17, 15) is 13.2 Å². The summed E-state index contributed by atoms with van der Waals surface area (Å²) in [5, 5.41) is 3.78. The summed E-state index contributed by atoms with van der Waals surface area (Å²) in [6, 6.07) is 6.81. The summed E-state index contributed by atoms with van der Waals surface area (Å²) in [5.74, 6) is 0.657. The molecule has 1 aromatic carbocycles. The molecule has 1 fully saturated rings. The Morgan fingerprint density at radius 2 is 1.88 bits per heavy atom. The number of alkyl halides is 3. The number of rotatable bonds is 8. The van der Waals surface area contributed by atoms with E-state index in [2.05, 4.69) is 26.8 Å². The second-order valence-electron chi connectivity index (χ2n) is 8.10. The summed E-state index contributed by atoms with van der Waals surface area (Å²) in [6.07, 6.45) is 2.02. The SMILES string of the molecule is C=C(CCCN)NC1CN(c2cnc(-c3ccc(C(F)(F)F)cc3)c(-c3ccncc3Cl)n2)C1. The van der Waals surface area contributed by atoms with Crippen LogP contribution in [0.15, 0.2) is 61.2 Å². The monoisotopic (exact) mass is 488 g/mol. The fraction of sp³-hybridized carbons (Fsp3) is 0.292. The van der Waals surface area contributed by atoms with E-state index >= 15 is 0 Å². The lowest BCUT2D eigenvalue weighted by Crippen LogP contribution is -2.58. The van der Waals surface area contributed by atoms with Crippen LogP contribution in [0.4, 0.5) is 19.0 Å². The van der Waals surface area contributed by atoms with Crippen molar-refractivity contribution in [2.75, 3.05) is 24.5 Å².